The Hall–Kier alpha value is 0.360. The van der Waals surface area contributed by atoms with Gasteiger partial charge in [0.15, 0.2) is 0 Å². The maximum absolute atomic E-state index is 12.1. The first-order valence-corrected chi connectivity index (χ1v) is 8.65. The Morgan fingerprint density at radius 3 is 2.64 bits per heavy atom. The van der Waals surface area contributed by atoms with Crippen LogP contribution in [-0.4, -0.2) is 21.4 Å². The minimum atomic E-state index is 0.0175. The SMILES string of the molecule is CCC1COC([I-]C)C(C(C)C)C1=O. The molecule has 1 rings (SSSR count). The average Bonchev–Trinajstić information content (AvgIpc) is 2.16. The molecule has 0 aromatic rings. The summed E-state index contributed by atoms with van der Waals surface area (Å²) in [6.45, 7) is 7.01. The van der Waals surface area contributed by atoms with Crippen LogP contribution in [0.25, 0.3) is 0 Å². The molecule has 0 amide bonds. The number of carbonyl (C=O) groups is 1. The van der Waals surface area contributed by atoms with Crippen molar-refractivity contribution in [2.75, 3.05) is 11.5 Å². The van der Waals surface area contributed by atoms with E-state index in [9.17, 15) is 4.79 Å². The molecule has 1 aliphatic heterocycles. The van der Waals surface area contributed by atoms with E-state index in [4.69, 9.17) is 4.74 Å². The number of hydrogen-bond donors (Lipinski definition) is 0. The second-order valence-corrected chi connectivity index (χ2v) is 6.65. The second kappa shape index (κ2) is 5.45. The van der Waals surface area contributed by atoms with E-state index >= 15 is 0 Å². The fourth-order valence-electron chi connectivity index (χ4n) is 1.94. The van der Waals surface area contributed by atoms with Gasteiger partial charge in [-0.25, -0.2) is 0 Å². The number of ether oxygens (including phenoxy) is 1. The Morgan fingerprint density at radius 1 is 1.57 bits per heavy atom. The topological polar surface area (TPSA) is 26.3 Å². The molecule has 0 aromatic carbocycles. The standard InChI is InChI=1S/C11H20IO2/c1-5-8-6-14-11(12-4)9(7(2)3)10(8)13/h7-9,11H,5-6H2,1-4H3/q-1. The van der Waals surface area contributed by atoms with Crippen LogP contribution in [0, 0.1) is 17.8 Å². The van der Waals surface area contributed by atoms with Gasteiger partial charge in [0.25, 0.3) is 0 Å². The molecule has 0 radical (unpaired) electrons. The average molecular weight is 311 g/mol. The van der Waals surface area contributed by atoms with E-state index in [0.29, 0.717) is 18.3 Å². The predicted octanol–water partition coefficient (Wildman–Crippen LogP) is -1.07. The summed E-state index contributed by atoms with van der Waals surface area (Å²) in [7, 11) is 0. The van der Waals surface area contributed by atoms with Gasteiger partial charge in [0.05, 0.1) is 0 Å². The van der Waals surface area contributed by atoms with Crippen LogP contribution in [0.1, 0.15) is 27.2 Å². The molecule has 0 saturated carbocycles. The van der Waals surface area contributed by atoms with Crippen molar-refractivity contribution in [3.05, 3.63) is 0 Å². The number of Topliss-reactive ketones (excluding diaryl/α,β-unsaturated/α-hetero) is 1. The van der Waals surface area contributed by atoms with Crippen molar-refractivity contribution < 1.29 is 30.7 Å². The van der Waals surface area contributed by atoms with Crippen LogP contribution < -0.4 is 21.2 Å². The predicted molar refractivity (Wildman–Crippen MR) is 52.8 cm³/mol. The van der Waals surface area contributed by atoms with Crippen LogP contribution in [0.3, 0.4) is 0 Å². The Morgan fingerprint density at radius 2 is 2.21 bits per heavy atom. The third-order valence-corrected chi connectivity index (χ3v) is 5.26. The quantitative estimate of drug-likeness (QED) is 0.490. The fourth-order valence-corrected chi connectivity index (χ4v) is 4.47. The molecule has 3 atom stereocenters. The molecule has 0 aliphatic carbocycles. The summed E-state index contributed by atoms with van der Waals surface area (Å²) in [5.41, 5.74) is 0. The fraction of sp³-hybridized carbons (Fsp3) is 0.909. The summed E-state index contributed by atoms with van der Waals surface area (Å²) in [4.78, 5) is 14.3. The van der Waals surface area contributed by atoms with Gasteiger partial charge >= 0.3 is 97.1 Å². The number of alkyl halides is 2. The van der Waals surface area contributed by atoms with Gasteiger partial charge in [-0.15, -0.1) is 0 Å². The summed E-state index contributed by atoms with van der Waals surface area (Å²) in [6, 6.07) is 0. The first-order chi connectivity index (χ1) is 6.61. The van der Waals surface area contributed by atoms with Crippen LogP contribution in [-0.2, 0) is 9.53 Å². The van der Waals surface area contributed by atoms with Gasteiger partial charge in [0, 0.05) is 0 Å². The zero-order valence-electron chi connectivity index (χ0n) is 9.42. The first-order valence-electron chi connectivity index (χ1n) is 5.25. The van der Waals surface area contributed by atoms with Crippen molar-refractivity contribution in [3.8, 4) is 0 Å². The van der Waals surface area contributed by atoms with E-state index in [1.807, 2.05) is 0 Å². The molecular formula is C11H20IO2-. The summed E-state index contributed by atoms with van der Waals surface area (Å²) in [6.07, 6.45) is 0.927. The van der Waals surface area contributed by atoms with E-state index < -0.39 is 0 Å². The van der Waals surface area contributed by atoms with Crippen LogP contribution in [0.5, 0.6) is 0 Å². The van der Waals surface area contributed by atoms with Gasteiger partial charge < -0.3 is 0 Å². The summed E-state index contributed by atoms with van der Waals surface area (Å²) >= 11 is 0.0175. The van der Waals surface area contributed by atoms with Crippen molar-refractivity contribution in [3.63, 3.8) is 0 Å². The molecule has 3 heteroatoms. The van der Waals surface area contributed by atoms with Gasteiger partial charge in [0.1, 0.15) is 0 Å². The molecule has 3 unspecified atom stereocenters. The Labute approximate surface area is 97.0 Å². The molecule has 0 aromatic heterocycles. The first kappa shape index (κ1) is 12.4. The minimum absolute atomic E-state index is 0.0175. The monoisotopic (exact) mass is 311 g/mol. The van der Waals surface area contributed by atoms with Crippen molar-refractivity contribution in [1.82, 2.24) is 0 Å². The van der Waals surface area contributed by atoms with Gasteiger partial charge in [0.2, 0.25) is 0 Å². The molecule has 0 bridgehead atoms. The van der Waals surface area contributed by atoms with E-state index in [1.165, 1.54) is 0 Å². The van der Waals surface area contributed by atoms with Crippen LogP contribution in [0.15, 0.2) is 0 Å². The third-order valence-electron chi connectivity index (χ3n) is 2.90. The van der Waals surface area contributed by atoms with E-state index in [0.717, 1.165) is 6.42 Å². The second-order valence-electron chi connectivity index (χ2n) is 4.18. The van der Waals surface area contributed by atoms with Gasteiger partial charge in [-0.3, -0.25) is 0 Å². The summed E-state index contributed by atoms with van der Waals surface area (Å²) < 4.78 is 6.07. The van der Waals surface area contributed by atoms with Crippen molar-refractivity contribution in [1.29, 1.82) is 0 Å². The molecule has 2 nitrogen and oxygen atoms in total. The van der Waals surface area contributed by atoms with Crippen molar-refractivity contribution >= 4 is 5.78 Å². The van der Waals surface area contributed by atoms with E-state index in [2.05, 4.69) is 25.7 Å². The Bertz CT molecular complexity index is 203. The molecule has 0 spiro atoms. The molecule has 1 fully saturated rings. The van der Waals surface area contributed by atoms with Crippen molar-refractivity contribution in [2.24, 2.45) is 17.8 Å². The molecule has 0 N–H and O–H groups in total. The third kappa shape index (κ3) is 2.48. The summed E-state index contributed by atoms with van der Waals surface area (Å²) in [5.74, 6) is 1.22. The van der Waals surface area contributed by atoms with Gasteiger partial charge in [-0.2, -0.15) is 0 Å². The van der Waals surface area contributed by atoms with Gasteiger partial charge in [-0.05, 0) is 0 Å². The van der Waals surface area contributed by atoms with Crippen LogP contribution in [0.2, 0.25) is 0 Å². The molecule has 14 heavy (non-hydrogen) atoms. The van der Waals surface area contributed by atoms with Crippen LogP contribution in [0.4, 0.5) is 0 Å². The van der Waals surface area contributed by atoms with Crippen molar-refractivity contribution in [2.45, 2.75) is 31.3 Å². The number of ketones is 1. The zero-order chi connectivity index (χ0) is 10.7. The van der Waals surface area contributed by atoms with Gasteiger partial charge in [-0.1, -0.05) is 0 Å². The Balaban J connectivity index is 2.75. The number of halogens is 1. The molecule has 1 heterocycles. The Kier molecular flexibility index (Phi) is 4.83. The maximum atomic E-state index is 12.1. The van der Waals surface area contributed by atoms with Crippen LogP contribution >= 0.6 is 0 Å². The number of hydrogen-bond acceptors (Lipinski definition) is 2. The molecule has 1 aliphatic rings. The zero-order valence-corrected chi connectivity index (χ0v) is 11.6. The van der Waals surface area contributed by atoms with E-state index in [1.54, 1.807) is 0 Å². The molecule has 1 saturated heterocycles. The normalized spacial score (nSPS) is 34.1. The number of rotatable bonds is 3. The molecular weight excluding hydrogens is 291 g/mol. The molecule has 84 valence electrons. The summed E-state index contributed by atoms with van der Waals surface area (Å²) in [5, 5.41) is 0. The number of carbonyl (C=O) groups excluding carboxylic acids is 1. The van der Waals surface area contributed by atoms with E-state index in [-0.39, 0.29) is 37.2 Å².